The van der Waals surface area contributed by atoms with Gasteiger partial charge in [0.05, 0.1) is 5.71 Å². The normalized spacial score (nSPS) is 16.4. The fourth-order valence-electron chi connectivity index (χ4n) is 1.60. The third-order valence-electron chi connectivity index (χ3n) is 2.53. The molecule has 0 aromatic carbocycles. The Kier molecular flexibility index (Phi) is 3.23. The molecule has 0 amide bonds. The smallest absolute Gasteiger partial charge is 0.189 e. The Labute approximate surface area is 104 Å². The van der Waals surface area contributed by atoms with Crippen molar-refractivity contribution in [3.05, 3.63) is 53.2 Å². The fourth-order valence-corrected chi connectivity index (χ4v) is 1.60. The van der Waals surface area contributed by atoms with Gasteiger partial charge in [-0.25, -0.2) is 0 Å². The Balaban J connectivity index is 2.40. The first kappa shape index (κ1) is 12.0. The van der Waals surface area contributed by atoms with E-state index in [1.54, 1.807) is 44.2 Å². The molecule has 2 rings (SSSR count). The van der Waals surface area contributed by atoms with Crippen LogP contribution < -0.4 is 5.49 Å². The minimum atomic E-state index is 0.0193. The molecule has 0 radical (unpaired) electrons. The number of pyridine rings is 1. The molecule has 0 saturated carbocycles. The predicted octanol–water partition coefficient (Wildman–Crippen LogP) is 1.46. The summed E-state index contributed by atoms with van der Waals surface area (Å²) in [6, 6.07) is 5.06. The summed E-state index contributed by atoms with van der Waals surface area (Å²) in [6.45, 7) is 3.48. The van der Waals surface area contributed by atoms with Crippen LogP contribution in [0.3, 0.4) is 0 Å². The number of carbonyl (C=O) groups excluding carboxylic acids is 1. The summed E-state index contributed by atoms with van der Waals surface area (Å²) < 4.78 is 0.880. The van der Waals surface area contributed by atoms with E-state index in [2.05, 4.69) is 10.2 Å². The van der Waals surface area contributed by atoms with Crippen molar-refractivity contribution in [1.29, 1.82) is 0 Å². The van der Waals surface area contributed by atoms with Gasteiger partial charge in [0, 0.05) is 6.20 Å². The number of carbonyl (C=O) groups is 1. The highest BCUT2D eigenvalue weighted by molar-refractivity contribution is 6.21. The number of hydrogen-bond donors (Lipinski definition) is 1. The van der Waals surface area contributed by atoms with E-state index in [9.17, 15) is 10.0 Å². The van der Waals surface area contributed by atoms with Crippen molar-refractivity contribution >= 4 is 11.5 Å². The summed E-state index contributed by atoms with van der Waals surface area (Å²) in [5.41, 5.74) is 2.18. The Bertz CT molecular complexity index is 624. The Morgan fingerprint density at radius 3 is 2.39 bits per heavy atom. The molecule has 0 unspecified atom stereocenters. The van der Waals surface area contributed by atoms with Crippen molar-refractivity contribution in [2.75, 3.05) is 0 Å². The van der Waals surface area contributed by atoms with Crippen LogP contribution in [-0.2, 0) is 4.79 Å². The third kappa shape index (κ3) is 2.45. The van der Waals surface area contributed by atoms with Gasteiger partial charge in [-0.2, -0.15) is 4.73 Å². The minimum Gasteiger partial charge on any atom is -0.427 e. The molecule has 1 aliphatic carbocycles. The molecule has 5 nitrogen and oxygen atoms in total. The molecule has 0 aliphatic heterocycles. The minimum absolute atomic E-state index is 0.0193. The molecule has 1 N–H and O–H groups in total. The second kappa shape index (κ2) is 4.83. The van der Waals surface area contributed by atoms with E-state index in [0.29, 0.717) is 22.3 Å². The van der Waals surface area contributed by atoms with Crippen LogP contribution >= 0.6 is 0 Å². The van der Waals surface area contributed by atoms with Gasteiger partial charge in [0.25, 0.3) is 0 Å². The van der Waals surface area contributed by atoms with Gasteiger partial charge >= 0.3 is 0 Å². The molecular formula is C13H13N3O2. The maximum absolute atomic E-state index is 11.5. The quantitative estimate of drug-likeness (QED) is 0.461. The first-order valence-corrected chi connectivity index (χ1v) is 5.48. The maximum Gasteiger partial charge on any atom is 0.189 e. The molecule has 1 aromatic heterocycles. The standard InChI is InChI=1S/C13H13N3O2/c1-9-7-11(8-10(2)13(9)17)14-15-12-5-3-4-6-16(12)18/h3-8,18H,1-2H3/b15-12+. The van der Waals surface area contributed by atoms with Gasteiger partial charge in [-0.3, -0.25) is 4.79 Å². The third-order valence-corrected chi connectivity index (χ3v) is 2.53. The molecule has 5 heteroatoms. The molecule has 92 valence electrons. The zero-order valence-electron chi connectivity index (χ0n) is 10.2. The lowest BCUT2D eigenvalue weighted by atomic mass is 9.98. The van der Waals surface area contributed by atoms with Crippen molar-refractivity contribution in [2.45, 2.75) is 13.8 Å². The van der Waals surface area contributed by atoms with Crippen LogP contribution in [0.4, 0.5) is 0 Å². The van der Waals surface area contributed by atoms with Gasteiger partial charge in [-0.05, 0) is 49.3 Å². The van der Waals surface area contributed by atoms with Crippen molar-refractivity contribution in [2.24, 2.45) is 10.2 Å². The lowest BCUT2D eigenvalue weighted by Gasteiger charge is -2.07. The fraction of sp³-hybridized carbons (Fsp3) is 0.154. The van der Waals surface area contributed by atoms with E-state index in [1.165, 1.54) is 6.20 Å². The number of aromatic nitrogens is 1. The maximum atomic E-state index is 11.5. The molecule has 0 atom stereocenters. The number of nitrogens with zero attached hydrogens (tertiary/aromatic N) is 3. The van der Waals surface area contributed by atoms with E-state index >= 15 is 0 Å². The van der Waals surface area contributed by atoms with Crippen LogP contribution in [0.5, 0.6) is 0 Å². The van der Waals surface area contributed by atoms with Gasteiger partial charge in [0.15, 0.2) is 11.3 Å². The van der Waals surface area contributed by atoms with Gasteiger partial charge < -0.3 is 5.21 Å². The highest BCUT2D eigenvalue weighted by atomic mass is 16.5. The highest BCUT2D eigenvalue weighted by Crippen LogP contribution is 2.12. The Morgan fingerprint density at radius 2 is 1.78 bits per heavy atom. The number of ketones is 1. The Hall–Kier alpha value is -2.43. The van der Waals surface area contributed by atoms with Crippen LogP contribution in [0.2, 0.25) is 0 Å². The van der Waals surface area contributed by atoms with Crippen molar-refractivity contribution in [3.63, 3.8) is 0 Å². The van der Waals surface area contributed by atoms with Crippen LogP contribution in [0.15, 0.2) is 57.9 Å². The molecule has 1 aromatic rings. The number of Topliss-reactive ketones (excluding diaryl/α,β-unsaturated/α-hetero) is 1. The second-order valence-electron chi connectivity index (χ2n) is 4.01. The van der Waals surface area contributed by atoms with Crippen molar-refractivity contribution in [3.8, 4) is 0 Å². The summed E-state index contributed by atoms with van der Waals surface area (Å²) in [6.07, 6.45) is 4.80. The number of rotatable bonds is 1. The lowest BCUT2D eigenvalue weighted by Crippen LogP contribution is -2.16. The van der Waals surface area contributed by atoms with Gasteiger partial charge in [-0.15, -0.1) is 10.2 Å². The first-order valence-electron chi connectivity index (χ1n) is 5.48. The summed E-state index contributed by atoms with van der Waals surface area (Å²) in [4.78, 5) is 11.5. The van der Waals surface area contributed by atoms with Crippen LogP contribution in [0, 0.1) is 0 Å². The van der Waals surface area contributed by atoms with Gasteiger partial charge in [-0.1, -0.05) is 6.07 Å². The average molecular weight is 243 g/mol. The summed E-state index contributed by atoms with van der Waals surface area (Å²) in [5.74, 6) is 0.0193. The van der Waals surface area contributed by atoms with Crippen LogP contribution in [0.25, 0.3) is 0 Å². The van der Waals surface area contributed by atoms with E-state index in [4.69, 9.17) is 0 Å². The Morgan fingerprint density at radius 1 is 1.11 bits per heavy atom. The molecule has 1 heterocycles. The van der Waals surface area contributed by atoms with E-state index < -0.39 is 0 Å². The van der Waals surface area contributed by atoms with Gasteiger partial charge in [0.2, 0.25) is 0 Å². The summed E-state index contributed by atoms with van der Waals surface area (Å²) in [5, 5.41) is 17.4. The molecule has 0 bridgehead atoms. The SMILES string of the molecule is CC1=CC(=N/N=c2\ccccn2O)C=C(C)C1=O. The molecule has 18 heavy (non-hydrogen) atoms. The topological polar surface area (TPSA) is 66.9 Å². The van der Waals surface area contributed by atoms with Crippen LogP contribution in [0.1, 0.15) is 13.8 Å². The zero-order valence-corrected chi connectivity index (χ0v) is 10.2. The number of hydrogen-bond acceptors (Lipinski definition) is 4. The lowest BCUT2D eigenvalue weighted by molar-refractivity contribution is -0.112. The zero-order chi connectivity index (χ0) is 13.1. The average Bonchev–Trinajstić information content (AvgIpc) is 2.35. The largest absolute Gasteiger partial charge is 0.427 e. The first-order chi connectivity index (χ1) is 8.58. The summed E-state index contributed by atoms with van der Waals surface area (Å²) >= 11 is 0. The highest BCUT2D eigenvalue weighted by Gasteiger charge is 2.13. The van der Waals surface area contributed by atoms with Crippen molar-refractivity contribution < 1.29 is 10.0 Å². The van der Waals surface area contributed by atoms with E-state index in [0.717, 1.165) is 4.73 Å². The second-order valence-corrected chi connectivity index (χ2v) is 4.01. The van der Waals surface area contributed by atoms with E-state index in [1.807, 2.05) is 0 Å². The summed E-state index contributed by atoms with van der Waals surface area (Å²) in [7, 11) is 0. The van der Waals surface area contributed by atoms with Crippen molar-refractivity contribution in [1.82, 2.24) is 4.73 Å². The molecule has 1 aliphatic rings. The molecule has 0 fully saturated rings. The molecule has 0 spiro atoms. The monoisotopic (exact) mass is 243 g/mol. The van der Waals surface area contributed by atoms with Crippen LogP contribution in [-0.4, -0.2) is 21.4 Å². The van der Waals surface area contributed by atoms with E-state index in [-0.39, 0.29) is 5.78 Å². The van der Waals surface area contributed by atoms with Gasteiger partial charge in [0.1, 0.15) is 0 Å². The number of allylic oxidation sites excluding steroid dienone is 4. The predicted molar refractivity (Wildman–Crippen MR) is 67.1 cm³/mol. The molecule has 0 saturated heterocycles. The molecular weight excluding hydrogens is 230 g/mol.